The summed E-state index contributed by atoms with van der Waals surface area (Å²) in [4.78, 5) is 35.7. The molecule has 31 heavy (non-hydrogen) atoms. The Labute approximate surface area is 181 Å². The van der Waals surface area contributed by atoms with Crippen molar-refractivity contribution in [1.29, 1.82) is 0 Å². The molecule has 164 valence electrons. The highest BCUT2D eigenvalue weighted by Crippen LogP contribution is 2.26. The first-order valence-corrected chi connectivity index (χ1v) is 10.3. The molecular formula is C23H27N3O5. The van der Waals surface area contributed by atoms with E-state index in [4.69, 9.17) is 15.2 Å². The average molecular weight is 425 g/mol. The molecule has 3 rings (SSSR count). The molecule has 4 N–H and O–H groups in total. The summed E-state index contributed by atoms with van der Waals surface area (Å²) in [6.07, 6.45) is 3.92. The van der Waals surface area contributed by atoms with Crippen LogP contribution in [-0.4, -0.2) is 30.6 Å². The van der Waals surface area contributed by atoms with Crippen molar-refractivity contribution >= 4 is 17.9 Å². The number of carbonyl (C=O) groups excluding carboxylic acids is 3. The van der Waals surface area contributed by atoms with E-state index >= 15 is 0 Å². The summed E-state index contributed by atoms with van der Waals surface area (Å²) in [7, 11) is 0. The van der Waals surface area contributed by atoms with Gasteiger partial charge in [0.2, 0.25) is 0 Å². The lowest BCUT2D eigenvalue weighted by molar-refractivity contribution is -0.149. The number of esters is 1. The molecule has 0 bridgehead atoms. The van der Waals surface area contributed by atoms with E-state index in [1.54, 1.807) is 24.3 Å². The number of urea groups is 1. The molecule has 0 spiro atoms. The van der Waals surface area contributed by atoms with Crippen LogP contribution in [0.4, 0.5) is 4.79 Å². The second kappa shape index (κ2) is 11.0. The van der Waals surface area contributed by atoms with Crippen LogP contribution in [0.15, 0.2) is 54.6 Å². The number of nitrogens with two attached hydrogens (primary N) is 1. The van der Waals surface area contributed by atoms with E-state index < -0.39 is 18.0 Å². The second-order valence-electron chi connectivity index (χ2n) is 7.46. The number of ether oxygens (including phenoxy) is 2. The zero-order valence-corrected chi connectivity index (χ0v) is 17.2. The first-order chi connectivity index (χ1) is 15.0. The van der Waals surface area contributed by atoms with Crippen LogP contribution in [0, 0.1) is 0 Å². The molecule has 1 saturated carbocycles. The molecule has 0 unspecified atom stereocenters. The molecule has 2 aromatic rings. The molecule has 0 heterocycles. The highest BCUT2D eigenvalue weighted by atomic mass is 16.5. The predicted octanol–water partition coefficient (Wildman–Crippen LogP) is 3.18. The molecule has 1 fully saturated rings. The van der Waals surface area contributed by atoms with Crippen LogP contribution >= 0.6 is 0 Å². The van der Waals surface area contributed by atoms with Gasteiger partial charge < -0.3 is 25.8 Å². The fourth-order valence-electron chi connectivity index (χ4n) is 3.55. The SMILES string of the molecule is NC(=O)N[C@@H](CC(=O)OCC(=O)NC1CCCC1)c1cccc(Oc2ccccc2)c1. The van der Waals surface area contributed by atoms with Gasteiger partial charge in [-0.3, -0.25) is 9.59 Å². The van der Waals surface area contributed by atoms with Crippen molar-refractivity contribution in [2.75, 3.05) is 6.61 Å². The molecule has 1 aliphatic rings. The van der Waals surface area contributed by atoms with Crippen LogP contribution in [0.25, 0.3) is 0 Å². The Morgan fingerprint density at radius 3 is 2.42 bits per heavy atom. The molecule has 2 aromatic carbocycles. The molecule has 1 aliphatic carbocycles. The van der Waals surface area contributed by atoms with Gasteiger partial charge in [0.05, 0.1) is 12.5 Å². The van der Waals surface area contributed by atoms with E-state index in [0.29, 0.717) is 17.1 Å². The maximum absolute atomic E-state index is 12.3. The number of hydrogen-bond donors (Lipinski definition) is 3. The van der Waals surface area contributed by atoms with Crippen molar-refractivity contribution in [2.45, 2.75) is 44.2 Å². The first-order valence-electron chi connectivity index (χ1n) is 10.3. The van der Waals surface area contributed by atoms with E-state index in [1.165, 1.54) is 0 Å². The lowest BCUT2D eigenvalue weighted by Gasteiger charge is -2.18. The Bertz CT molecular complexity index is 897. The fraction of sp³-hybridized carbons (Fsp3) is 0.348. The quantitative estimate of drug-likeness (QED) is 0.533. The van der Waals surface area contributed by atoms with Crippen LogP contribution < -0.4 is 21.1 Å². The third kappa shape index (κ3) is 7.33. The summed E-state index contributed by atoms with van der Waals surface area (Å²) in [5.74, 6) is 0.267. The molecule has 0 aliphatic heterocycles. The van der Waals surface area contributed by atoms with Crippen LogP contribution in [0.1, 0.15) is 43.7 Å². The van der Waals surface area contributed by atoms with Crippen molar-refractivity contribution < 1.29 is 23.9 Å². The third-order valence-electron chi connectivity index (χ3n) is 5.01. The highest BCUT2D eigenvalue weighted by Gasteiger charge is 2.21. The lowest BCUT2D eigenvalue weighted by atomic mass is 10.0. The van der Waals surface area contributed by atoms with Gasteiger partial charge >= 0.3 is 12.0 Å². The molecule has 0 radical (unpaired) electrons. The minimum atomic E-state index is -0.772. The van der Waals surface area contributed by atoms with Crippen molar-refractivity contribution in [1.82, 2.24) is 10.6 Å². The van der Waals surface area contributed by atoms with Gasteiger partial charge in [-0.25, -0.2) is 4.79 Å². The smallest absolute Gasteiger partial charge is 0.312 e. The number of hydrogen-bond acceptors (Lipinski definition) is 5. The number of para-hydroxylation sites is 1. The number of primary amides is 1. The monoisotopic (exact) mass is 425 g/mol. The maximum Gasteiger partial charge on any atom is 0.312 e. The minimum absolute atomic E-state index is 0.155. The van der Waals surface area contributed by atoms with Gasteiger partial charge in [0, 0.05) is 6.04 Å². The predicted molar refractivity (Wildman–Crippen MR) is 114 cm³/mol. The summed E-state index contributed by atoms with van der Waals surface area (Å²) in [5, 5.41) is 5.41. The molecular weight excluding hydrogens is 398 g/mol. The Hall–Kier alpha value is -3.55. The molecule has 0 saturated heterocycles. The Kier molecular flexibility index (Phi) is 7.86. The van der Waals surface area contributed by atoms with Crippen molar-refractivity contribution in [3.8, 4) is 11.5 Å². The molecule has 3 amide bonds. The third-order valence-corrected chi connectivity index (χ3v) is 5.01. The molecule has 8 heteroatoms. The minimum Gasteiger partial charge on any atom is -0.457 e. The Morgan fingerprint density at radius 2 is 1.71 bits per heavy atom. The van der Waals surface area contributed by atoms with E-state index in [-0.39, 0.29) is 25.0 Å². The van der Waals surface area contributed by atoms with Gasteiger partial charge in [0.15, 0.2) is 6.61 Å². The Morgan fingerprint density at radius 1 is 1.00 bits per heavy atom. The summed E-state index contributed by atoms with van der Waals surface area (Å²) in [6.45, 7) is -0.351. The summed E-state index contributed by atoms with van der Waals surface area (Å²) >= 11 is 0. The molecule has 8 nitrogen and oxygen atoms in total. The van der Waals surface area contributed by atoms with Gasteiger partial charge in [0.25, 0.3) is 5.91 Å². The number of amides is 3. The van der Waals surface area contributed by atoms with E-state index in [1.807, 2.05) is 30.3 Å². The average Bonchev–Trinajstić information content (AvgIpc) is 3.25. The number of nitrogens with one attached hydrogen (secondary N) is 2. The van der Waals surface area contributed by atoms with Crippen molar-refractivity contribution in [3.05, 3.63) is 60.2 Å². The van der Waals surface area contributed by atoms with Crippen molar-refractivity contribution in [2.24, 2.45) is 5.73 Å². The maximum atomic E-state index is 12.3. The molecule has 0 aromatic heterocycles. The van der Waals surface area contributed by atoms with E-state index in [9.17, 15) is 14.4 Å². The van der Waals surface area contributed by atoms with Gasteiger partial charge in [-0.05, 0) is 42.7 Å². The van der Waals surface area contributed by atoms with Crippen molar-refractivity contribution in [3.63, 3.8) is 0 Å². The normalized spacial score (nSPS) is 14.5. The van der Waals surface area contributed by atoms with E-state index in [0.717, 1.165) is 25.7 Å². The summed E-state index contributed by atoms with van der Waals surface area (Å²) in [5.41, 5.74) is 5.91. The van der Waals surface area contributed by atoms with Crippen LogP contribution in [-0.2, 0) is 14.3 Å². The van der Waals surface area contributed by atoms with E-state index in [2.05, 4.69) is 10.6 Å². The summed E-state index contributed by atoms with van der Waals surface area (Å²) < 4.78 is 10.9. The number of benzene rings is 2. The fourth-order valence-corrected chi connectivity index (χ4v) is 3.55. The highest BCUT2D eigenvalue weighted by molar-refractivity contribution is 5.81. The lowest BCUT2D eigenvalue weighted by Crippen LogP contribution is -2.37. The first kappa shape index (κ1) is 22.1. The Balaban J connectivity index is 1.59. The zero-order chi connectivity index (χ0) is 22.1. The van der Waals surface area contributed by atoms with Crippen LogP contribution in [0.5, 0.6) is 11.5 Å². The van der Waals surface area contributed by atoms with Crippen LogP contribution in [0.2, 0.25) is 0 Å². The van der Waals surface area contributed by atoms with Gasteiger partial charge in [0.1, 0.15) is 11.5 Å². The summed E-state index contributed by atoms with van der Waals surface area (Å²) in [6, 6.07) is 14.9. The van der Waals surface area contributed by atoms with Crippen LogP contribution in [0.3, 0.4) is 0 Å². The van der Waals surface area contributed by atoms with Gasteiger partial charge in [-0.2, -0.15) is 0 Å². The molecule has 1 atom stereocenters. The second-order valence-corrected chi connectivity index (χ2v) is 7.46. The standard InChI is InChI=1S/C23H27N3O5/c24-23(29)26-20(14-22(28)30-15-21(27)25-17-8-4-5-9-17)16-7-6-12-19(13-16)31-18-10-2-1-3-11-18/h1-3,6-7,10-13,17,20H,4-5,8-9,14-15H2,(H,25,27)(H3,24,26,29)/t20-/m0/s1. The number of carbonyl (C=O) groups is 3. The van der Waals surface area contributed by atoms with Gasteiger partial charge in [-0.15, -0.1) is 0 Å². The largest absolute Gasteiger partial charge is 0.457 e. The van der Waals surface area contributed by atoms with Gasteiger partial charge in [-0.1, -0.05) is 43.2 Å². The topological polar surface area (TPSA) is 120 Å². The zero-order valence-electron chi connectivity index (χ0n) is 17.2. The number of rotatable bonds is 9.